The predicted molar refractivity (Wildman–Crippen MR) is 98.2 cm³/mol. The van der Waals surface area contributed by atoms with E-state index >= 15 is 0 Å². The highest BCUT2D eigenvalue weighted by Crippen LogP contribution is 2.38. The SMILES string of the molecule is O=C(NC1CN2CCC1CC2)c1ccc(Sc2ccc(Cl)s2)s1. The first-order valence-corrected chi connectivity index (χ1v) is 10.6. The predicted octanol–water partition coefficient (Wildman–Crippen LogP) is 4.44. The number of carbonyl (C=O) groups is 1. The molecule has 23 heavy (non-hydrogen) atoms. The molecule has 3 nitrogen and oxygen atoms in total. The van der Waals surface area contributed by atoms with Crippen molar-refractivity contribution in [2.45, 2.75) is 27.3 Å². The van der Waals surface area contributed by atoms with Gasteiger partial charge in [-0.05, 0) is 56.1 Å². The van der Waals surface area contributed by atoms with Crippen LogP contribution in [0.3, 0.4) is 0 Å². The van der Waals surface area contributed by atoms with Crippen LogP contribution < -0.4 is 5.32 Å². The van der Waals surface area contributed by atoms with Gasteiger partial charge in [-0.1, -0.05) is 23.4 Å². The summed E-state index contributed by atoms with van der Waals surface area (Å²) in [5, 5.41) is 3.25. The maximum Gasteiger partial charge on any atom is 0.261 e. The summed E-state index contributed by atoms with van der Waals surface area (Å²) in [4.78, 5) is 15.8. The van der Waals surface area contributed by atoms with Gasteiger partial charge in [-0.15, -0.1) is 22.7 Å². The van der Waals surface area contributed by atoms with Crippen LogP contribution in [-0.2, 0) is 0 Å². The van der Waals surface area contributed by atoms with E-state index in [2.05, 4.69) is 10.2 Å². The third kappa shape index (κ3) is 3.61. The molecular formula is C16H17ClN2OS3. The molecule has 5 heterocycles. The molecule has 2 bridgehead atoms. The molecule has 1 atom stereocenters. The minimum atomic E-state index is 0.0739. The first kappa shape index (κ1) is 16.0. The van der Waals surface area contributed by atoms with E-state index in [0.717, 1.165) is 24.2 Å². The van der Waals surface area contributed by atoms with Crippen LogP contribution in [-0.4, -0.2) is 36.5 Å². The third-order valence-corrected chi connectivity index (χ3v) is 8.11. The van der Waals surface area contributed by atoms with E-state index in [9.17, 15) is 4.79 Å². The maximum absolute atomic E-state index is 12.5. The lowest BCUT2D eigenvalue weighted by Gasteiger charge is -2.44. The Morgan fingerprint density at radius 2 is 1.91 bits per heavy atom. The normalized spacial score (nSPS) is 26.4. The van der Waals surface area contributed by atoms with Crippen molar-refractivity contribution in [1.29, 1.82) is 0 Å². The molecule has 5 rings (SSSR count). The van der Waals surface area contributed by atoms with Gasteiger partial charge in [0.25, 0.3) is 5.91 Å². The maximum atomic E-state index is 12.5. The number of halogens is 1. The van der Waals surface area contributed by atoms with Gasteiger partial charge in [-0.3, -0.25) is 4.79 Å². The highest BCUT2D eigenvalue weighted by Gasteiger charge is 2.35. The van der Waals surface area contributed by atoms with Crippen molar-refractivity contribution in [2.75, 3.05) is 19.6 Å². The molecule has 3 aliphatic heterocycles. The van der Waals surface area contributed by atoms with Crippen molar-refractivity contribution < 1.29 is 4.79 Å². The molecule has 0 aromatic carbocycles. The van der Waals surface area contributed by atoms with Crippen LogP contribution in [0, 0.1) is 5.92 Å². The van der Waals surface area contributed by atoms with Crippen LogP contribution in [0.4, 0.5) is 0 Å². The van der Waals surface area contributed by atoms with Crippen molar-refractivity contribution in [3.05, 3.63) is 33.5 Å². The largest absolute Gasteiger partial charge is 0.347 e. The number of amides is 1. The lowest BCUT2D eigenvalue weighted by atomic mass is 9.84. The molecule has 0 radical (unpaired) electrons. The molecule has 3 fully saturated rings. The van der Waals surface area contributed by atoms with E-state index in [-0.39, 0.29) is 5.91 Å². The summed E-state index contributed by atoms with van der Waals surface area (Å²) in [6, 6.07) is 8.19. The lowest BCUT2D eigenvalue weighted by Crippen LogP contribution is -2.57. The van der Waals surface area contributed by atoms with E-state index in [4.69, 9.17) is 11.6 Å². The topological polar surface area (TPSA) is 32.3 Å². The Morgan fingerprint density at radius 3 is 2.57 bits per heavy atom. The van der Waals surface area contributed by atoms with E-state index in [1.165, 1.54) is 25.9 Å². The standard InChI is InChI=1S/C16H17ClN2OS3/c17-13-2-4-15(22-13)23-14-3-1-12(21-14)16(20)18-11-9-19-7-5-10(11)6-8-19/h1-4,10-11H,5-9H2,(H,18,20). The van der Waals surface area contributed by atoms with Gasteiger partial charge in [-0.2, -0.15) is 0 Å². The van der Waals surface area contributed by atoms with Gasteiger partial charge in [0.1, 0.15) is 0 Å². The van der Waals surface area contributed by atoms with E-state index in [1.807, 2.05) is 24.3 Å². The van der Waals surface area contributed by atoms with Gasteiger partial charge in [0.2, 0.25) is 0 Å². The van der Waals surface area contributed by atoms with Gasteiger partial charge < -0.3 is 10.2 Å². The Bertz CT molecular complexity index is 706. The molecule has 3 aliphatic rings. The molecule has 3 saturated heterocycles. The van der Waals surface area contributed by atoms with Crippen LogP contribution in [0.5, 0.6) is 0 Å². The van der Waals surface area contributed by atoms with Crippen molar-refractivity contribution in [2.24, 2.45) is 5.92 Å². The molecule has 122 valence electrons. The number of nitrogens with zero attached hydrogens (tertiary/aromatic N) is 1. The van der Waals surface area contributed by atoms with Crippen LogP contribution in [0.2, 0.25) is 4.34 Å². The molecule has 2 aromatic rings. The highest BCUT2D eigenvalue weighted by atomic mass is 35.5. The zero-order valence-electron chi connectivity index (χ0n) is 12.5. The number of nitrogens with one attached hydrogen (secondary N) is 1. The molecule has 2 aromatic heterocycles. The van der Waals surface area contributed by atoms with Gasteiger partial charge >= 0.3 is 0 Å². The molecule has 1 N–H and O–H groups in total. The molecule has 1 amide bonds. The Morgan fingerprint density at radius 1 is 1.17 bits per heavy atom. The quantitative estimate of drug-likeness (QED) is 0.845. The highest BCUT2D eigenvalue weighted by molar-refractivity contribution is 8.03. The zero-order valence-corrected chi connectivity index (χ0v) is 15.7. The number of rotatable bonds is 4. The van der Waals surface area contributed by atoms with Crippen molar-refractivity contribution in [3.63, 3.8) is 0 Å². The van der Waals surface area contributed by atoms with Gasteiger partial charge in [0.15, 0.2) is 0 Å². The van der Waals surface area contributed by atoms with Crippen LogP contribution >= 0.6 is 46.0 Å². The Hall–Kier alpha value is -0.530. The monoisotopic (exact) mass is 384 g/mol. The summed E-state index contributed by atoms with van der Waals surface area (Å²) in [5.41, 5.74) is 0. The average molecular weight is 385 g/mol. The van der Waals surface area contributed by atoms with Crippen molar-refractivity contribution >= 4 is 51.9 Å². The fourth-order valence-corrected chi connectivity index (χ4v) is 6.91. The third-order valence-electron chi connectivity index (χ3n) is 4.53. The Balaban J connectivity index is 1.39. The fourth-order valence-electron chi connectivity index (χ4n) is 3.32. The lowest BCUT2D eigenvalue weighted by molar-refractivity contribution is 0.0622. The summed E-state index contributed by atoms with van der Waals surface area (Å²) in [6.45, 7) is 3.40. The second kappa shape index (κ2) is 6.76. The van der Waals surface area contributed by atoms with Gasteiger partial charge in [-0.25, -0.2) is 0 Å². The van der Waals surface area contributed by atoms with Gasteiger partial charge in [0.05, 0.1) is 17.6 Å². The second-order valence-electron chi connectivity index (χ2n) is 6.00. The first-order valence-electron chi connectivity index (χ1n) is 7.73. The van der Waals surface area contributed by atoms with E-state index < -0.39 is 0 Å². The van der Waals surface area contributed by atoms with E-state index in [0.29, 0.717) is 12.0 Å². The van der Waals surface area contributed by atoms with Gasteiger partial charge in [0, 0.05) is 12.6 Å². The minimum Gasteiger partial charge on any atom is -0.347 e. The molecular weight excluding hydrogens is 368 g/mol. The Kier molecular flexibility index (Phi) is 4.70. The Labute approximate surface area is 153 Å². The second-order valence-corrected chi connectivity index (χ2v) is 10.4. The number of hydrogen-bond acceptors (Lipinski definition) is 5. The van der Waals surface area contributed by atoms with Crippen LogP contribution in [0.25, 0.3) is 0 Å². The smallest absolute Gasteiger partial charge is 0.261 e. The zero-order chi connectivity index (χ0) is 15.8. The van der Waals surface area contributed by atoms with Crippen molar-refractivity contribution in [3.8, 4) is 0 Å². The molecule has 7 heteroatoms. The number of carbonyl (C=O) groups excluding carboxylic acids is 1. The summed E-state index contributed by atoms with van der Waals surface area (Å²) >= 11 is 10.8. The van der Waals surface area contributed by atoms with E-state index in [1.54, 1.807) is 34.4 Å². The summed E-state index contributed by atoms with van der Waals surface area (Å²) in [5.74, 6) is 0.732. The number of thiophene rings is 2. The van der Waals surface area contributed by atoms with Crippen LogP contribution in [0.1, 0.15) is 22.5 Å². The molecule has 0 spiro atoms. The number of fused-ring (bicyclic) bond motifs is 3. The fraction of sp³-hybridized carbons (Fsp3) is 0.438. The van der Waals surface area contributed by atoms with Crippen molar-refractivity contribution in [1.82, 2.24) is 10.2 Å². The molecule has 0 saturated carbocycles. The van der Waals surface area contributed by atoms with Crippen LogP contribution in [0.15, 0.2) is 32.7 Å². The first-order chi connectivity index (χ1) is 11.2. The summed E-state index contributed by atoms with van der Waals surface area (Å²) in [6.07, 6.45) is 2.44. The number of hydrogen-bond donors (Lipinski definition) is 1. The summed E-state index contributed by atoms with van der Waals surface area (Å²) < 4.78 is 3.08. The number of piperidine rings is 3. The minimum absolute atomic E-state index is 0.0739. The molecule has 0 aliphatic carbocycles. The summed E-state index contributed by atoms with van der Waals surface area (Å²) in [7, 11) is 0. The average Bonchev–Trinajstić information content (AvgIpc) is 3.18. The molecule has 1 unspecified atom stereocenters.